The molecule has 0 amide bonds. The number of thiophene rings is 1. The number of rotatable bonds is 5. The van der Waals surface area contributed by atoms with Gasteiger partial charge in [0.05, 0.1) is 0 Å². The molecule has 0 saturated heterocycles. The third kappa shape index (κ3) is 3.78. The van der Waals surface area contributed by atoms with Crippen LogP contribution in [0.25, 0.3) is 0 Å². The van der Waals surface area contributed by atoms with Crippen LogP contribution in [0.15, 0.2) is 17.5 Å². The van der Waals surface area contributed by atoms with Crippen molar-refractivity contribution in [2.75, 3.05) is 20.2 Å². The maximum absolute atomic E-state index is 9.14. The first-order valence-corrected chi connectivity index (χ1v) is 5.73. The molecule has 0 aliphatic rings. The van der Waals surface area contributed by atoms with Crippen molar-refractivity contribution in [3.8, 4) is 0 Å². The molecule has 1 heterocycles. The lowest BCUT2D eigenvalue weighted by molar-refractivity contribution is 0.113. The van der Waals surface area contributed by atoms with Crippen LogP contribution in [0.5, 0.6) is 0 Å². The van der Waals surface area contributed by atoms with Crippen molar-refractivity contribution in [3.63, 3.8) is 0 Å². The van der Waals surface area contributed by atoms with E-state index in [-0.39, 0.29) is 12.0 Å². The minimum atomic E-state index is -0.00793. The van der Waals surface area contributed by atoms with E-state index in [1.54, 1.807) is 11.3 Å². The highest BCUT2D eigenvalue weighted by molar-refractivity contribution is 7.09. The maximum atomic E-state index is 9.14. The van der Waals surface area contributed by atoms with Crippen molar-refractivity contribution >= 4 is 11.3 Å². The normalized spacial score (nSPS) is 12.4. The second-order valence-corrected chi connectivity index (χ2v) is 5.61. The van der Waals surface area contributed by atoms with Crippen molar-refractivity contribution in [1.82, 2.24) is 4.90 Å². The number of nitrogens with zero attached hydrogens (tertiary/aromatic N) is 1. The van der Waals surface area contributed by atoms with Crippen LogP contribution in [0.2, 0.25) is 0 Å². The summed E-state index contributed by atoms with van der Waals surface area (Å²) >= 11 is 1.78. The Kier molecular flexibility index (Phi) is 4.11. The Bertz CT molecular complexity index is 256. The third-order valence-corrected chi connectivity index (χ3v) is 2.99. The van der Waals surface area contributed by atoms with Gasteiger partial charge in [0.1, 0.15) is 0 Å². The zero-order valence-electron chi connectivity index (χ0n) is 9.16. The summed E-state index contributed by atoms with van der Waals surface area (Å²) in [6.07, 6.45) is 0. The fourth-order valence-electron chi connectivity index (χ4n) is 1.51. The first-order chi connectivity index (χ1) is 6.53. The molecule has 0 fully saturated rings. The molecule has 0 bridgehead atoms. The monoisotopic (exact) mass is 213 g/mol. The summed E-state index contributed by atoms with van der Waals surface area (Å²) in [4.78, 5) is 3.63. The van der Waals surface area contributed by atoms with E-state index in [1.165, 1.54) is 4.88 Å². The largest absolute Gasteiger partial charge is 0.396 e. The molecule has 3 heteroatoms. The molecule has 1 rings (SSSR count). The molecule has 0 saturated carbocycles. The average Bonchev–Trinajstić information content (AvgIpc) is 2.55. The Labute approximate surface area is 90.2 Å². The second kappa shape index (κ2) is 4.91. The molecule has 0 aliphatic carbocycles. The van der Waals surface area contributed by atoms with E-state index >= 15 is 0 Å². The summed E-state index contributed by atoms with van der Waals surface area (Å²) in [5.74, 6) is 0. The van der Waals surface area contributed by atoms with Gasteiger partial charge in [-0.1, -0.05) is 19.9 Å². The molecule has 1 aromatic heterocycles. The van der Waals surface area contributed by atoms with E-state index in [2.05, 4.69) is 43.3 Å². The lowest BCUT2D eigenvalue weighted by Gasteiger charge is -2.28. The highest BCUT2D eigenvalue weighted by atomic mass is 32.1. The van der Waals surface area contributed by atoms with Crippen LogP contribution in [-0.4, -0.2) is 30.2 Å². The van der Waals surface area contributed by atoms with Crippen molar-refractivity contribution in [2.24, 2.45) is 5.41 Å². The Hall–Kier alpha value is -0.380. The summed E-state index contributed by atoms with van der Waals surface area (Å²) in [7, 11) is 2.09. The molecule has 1 N–H and O–H groups in total. The van der Waals surface area contributed by atoms with E-state index in [0.29, 0.717) is 0 Å². The van der Waals surface area contributed by atoms with Crippen molar-refractivity contribution < 1.29 is 5.11 Å². The van der Waals surface area contributed by atoms with Gasteiger partial charge in [0.2, 0.25) is 0 Å². The lowest BCUT2D eigenvalue weighted by atomic mass is 9.94. The first-order valence-electron chi connectivity index (χ1n) is 4.85. The molecule has 2 nitrogen and oxygen atoms in total. The zero-order valence-corrected chi connectivity index (χ0v) is 9.97. The summed E-state index contributed by atoms with van der Waals surface area (Å²) in [5, 5.41) is 11.2. The van der Waals surface area contributed by atoms with Crippen molar-refractivity contribution in [2.45, 2.75) is 20.4 Å². The minimum absolute atomic E-state index is 0.00793. The van der Waals surface area contributed by atoms with Crippen molar-refractivity contribution in [1.29, 1.82) is 0 Å². The van der Waals surface area contributed by atoms with Gasteiger partial charge in [-0.3, -0.25) is 0 Å². The molecule has 0 radical (unpaired) electrons. The molecule has 0 unspecified atom stereocenters. The van der Waals surface area contributed by atoms with Crippen LogP contribution in [0.4, 0.5) is 0 Å². The predicted octanol–water partition coefficient (Wildman–Crippen LogP) is 2.20. The van der Waals surface area contributed by atoms with Gasteiger partial charge in [-0.25, -0.2) is 0 Å². The van der Waals surface area contributed by atoms with E-state index in [0.717, 1.165) is 13.1 Å². The first kappa shape index (κ1) is 11.7. The molecule has 0 spiro atoms. The van der Waals surface area contributed by atoms with Gasteiger partial charge in [0, 0.05) is 30.0 Å². The van der Waals surface area contributed by atoms with Gasteiger partial charge in [0.15, 0.2) is 0 Å². The fourth-order valence-corrected chi connectivity index (χ4v) is 2.29. The van der Waals surface area contributed by atoms with Gasteiger partial charge >= 0.3 is 0 Å². The molecule has 1 aromatic rings. The SMILES string of the molecule is CN(Cc1cccs1)CC(C)(C)CO. The van der Waals surface area contributed by atoms with E-state index in [9.17, 15) is 0 Å². The fraction of sp³-hybridized carbons (Fsp3) is 0.636. The molecule has 80 valence electrons. The molecule has 0 aliphatic heterocycles. The number of aliphatic hydroxyl groups is 1. The van der Waals surface area contributed by atoms with E-state index in [4.69, 9.17) is 5.11 Å². The molecular weight excluding hydrogens is 194 g/mol. The predicted molar refractivity (Wildman–Crippen MR) is 61.5 cm³/mol. The van der Waals surface area contributed by atoms with Crippen LogP contribution in [-0.2, 0) is 6.54 Å². The standard InChI is InChI=1S/C11H19NOS/c1-11(2,9-13)8-12(3)7-10-5-4-6-14-10/h4-6,13H,7-9H2,1-3H3. The Morgan fingerprint density at radius 1 is 1.50 bits per heavy atom. The van der Waals surface area contributed by atoms with Gasteiger partial charge in [-0.15, -0.1) is 11.3 Å². The van der Waals surface area contributed by atoms with Gasteiger partial charge in [-0.2, -0.15) is 0 Å². The minimum Gasteiger partial charge on any atom is -0.396 e. The smallest absolute Gasteiger partial charge is 0.0494 e. The molecule has 0 aromatic carbocycles. The van der Waals surface area contributed by atoms with Gasteiger partial charge in [0.25, 0.3) is 0 Å². The second-order valence-electron chi connectivity index (χ2n) is 4.57. The molecule has 14 heavy (non-hydrogen) atoms. The summed E-state index contributed by atoms with van der Waals surface area (Å²) in [6.45, 7) is 6.29. The highest BCUT2D eigenvalue weighted by Crippen LogP contribution is 2.17. The van der Waals surface area contributed by atoms with Crippen LogP contribution >= 0.6 is 11.3 Å². The number of aliphatic hydroxyl groups excluding tert-OH is 1. The number of hydrogen-bond acceptors (Lipinski definition) is 3. The Balaban J connectivity index is 2.40. The van der Waals surface area contributed by atoms with Crippen LogP contribution in [0, 0.1) is 5.41 Å². The molecule has 0 atom stereocenters. The quantitative estimate of drug-likeness (QED) is 0.810. The number of hydrogen-bond donors (Lipinski definition) is 1. The maximum Gasteiger partial charge on any atom is 0.0494 e. The highest BCUT2D eigenvalue weighted by Gasteiger charge is 2.18. The van der Waals surface area contributed by atoms with Crippen LogP contribution in [0.3, 0.4) is 0 Å². The summed E-state index contributed by atoms with van der Waals surface area (Å²) < 4.78 is 0. The third-order valence-electron chi connectivity index (χ3n) is 2.13. The van der Waals surface area contributed by atoms with Gasteiger partial charge < -0.3 is 10.0 Å². The average molecular weight is 213 g/mol. The van der Waals surface area contributed by atoms with E-state index < -0.39 is 0 Å². The lowest BCUT2D eigenvalue weighted by Crippen LogP contribution is -2.33. The topological polar surface area (TPSA) is 23.5 Å². The Morgan fingerprint density at radius 3 is 2.71 bits per heavy atom. The van der Waals surface area contributed by atoms with Gasteiger partial charge in [-0.05, 0) is 18.5 Å². The summed E-state index contributed by atoms with van der Waals surface area (Å²) in [5.41, 5.74) is -0.00793. The van der Waals surface area contributed by atoms with Crippen molar-refractivity contribution in [3.05, 3.63) is 22.4 Å². The van der Waals surface area contributed by atoms with Crippen LogP contribution in [0.1, 0.15) is 18.7 Å². The molecular formula is C11H19NOS. The Morgan fingerprint density at radius 2 is 2.21 bits per heavy atom. The summed E-state index contributed by atoms with van der Waals surface area (Å²) in [6, 6.07) is 4.22. The van der Waals surface area contributed by atoms with E-state index in [1.807, 2.05) is 0 Å². The zero-order chi connectivity index (χ0) is 10.6. The van der Waals surface area contributed by atoms with Crippen LogP contribution < -0.4 is 0 Å².